The number of nitrogens with zero attached hydrogens (tertiary/aromatic N) is 2. The van der Waals surface area contributed by atoms with Crippen molar-refractivity contribution < 1.29 is 4.79 Å². The third-order valence-corrected chi connectivity index (χ3v) is 5.50. The molecule has 0 bridgehead atoms. The van der Waals surface area contributed by atoms with Crippen molar-refractivity contribution in [3.8, 4) is 6.07 Å². The van der Waals surface area contributed by atoms with Gasteiger partial charge in [-0.25, -0.2) is 5.43 Å². The van der Waals surface area contributed by atoms with Gasteiger partial charge in [-0.2, -0.15) is 5.26 Å². The van der Waals surface area contributed by atoms with Crippen molar-refractivity contribution in [3.63, 3.8) is 0 Å². The molecule has 2 unspecified atom stereocenters. The lowest BCUT2D eigenvalue weighted by Gasteiger charge is -2.38. The Bertz CT molecular complexity index is 629. The Morgan fingerprint density at radius 3 is 2.56 bits per heavy atom. The highest BCUT2D eigenvalue weighted by molar-refractivity contribution is 5.82. The van der Waals surface area contributed by atoms with Crippen LogP contribution in [0.2, 0.25) is 0 Å². The molecule has 2 aliphatic rings. The van der Waals surface area contributed by atoms with Gasteiger partial charge in [-0.05, 0) is 37.2 Å². The zero-order valence-electron chi connectivity index (χ0n) is 15.2. The summed E-state index contributed by atoms with van der Waals surface area (Å²) in [6.45, 7) is 5.70. The SMILES string of the molecule is CC(C)CC1CC(C(=O)N2CCC(C#N)(c3ccccc3)CC2)NN1. The Morgan fingerprint density at radius 1 is 1.28 bits per heavy atom. The van der Waals surface area contributed by atoms with Crippen molar-refractivity contribution in [2.45, 2.75) is 57.0 Å². The molecule has 3 rings (SSSR count). The fraction of sp³-hybridized carbons (Fsp3) is 0.600. The van der Waals surface area contributed by atoms with Crippen LogP contribution in [0, 0.1) is 17.2 Å². The van der Waals surface area contributed by atoms with E-state index in [-0.39, 0.29) is 11.9 Å². The average Bonchev–Trinajstić information content (AvgIpc) is 3.09. The molecule has 1 amide bonds. The molecule has 0 aliphatic carbocycles. The summed E-state index contributed by atoms with van der Waals surface area (Å²) in [7, 11) is 0. The number of carbonyl (C=O) groups is 1. The largest absolute Gasteiger partial charge is 0.341 e. The number of piperidine rings is 1. The number of hydrogen-bond donors (Lipinski definition) is 2. The molecular weight excluding hydrogens is 312 g/mol. The van der Waals surface area contributed by atoms with Crippen LogP contribution in [0.4, 0.5) is 0 Å². The van der Waals surface area contributed by atoms with E-state index in [9.17, 15) is 10.1 Å². The molecule has 5 heteroatoms. The fourth-order valence-corrected chi connectivity index (χ4v) is 4.06. The van der Waals surface area contributed by atoms with Gasteiger partial charge in [-0.1, -0.05) is 44.2 Å². The van der Waals surface area contributed by atoms with E-state index in [1.54, 1.807) is 0 Å². The van der Waals surface area contributed by atoms with Gasteiger partial charge in [-0.3, -0.25) is 10.2 Å². The van der Waals surface area contributed by atoms with Crippen LogP contribution in [-0.2, 0) is 10.2 Å². The molecule has 0 saturated carbocycles. The number of nitriles is 1. The van der Waals surface area contributed by atoms with Crippen LogP contribution in [0.1, 0.15) is 45.1 Å². The molecule has 2 N–H and O–H groups in total. The highest BCUT2D eigenvalue weighted by Gasteiger charge is 2.40. The van der Waals surface area contributed by atoms with E-state index >= 15 is 0 Å². The second-order valence-electron chi connectivity index (χ2n) is 7.79. The van der Waals surface area contributed by atoms with E-state index in [2.05, 4.69) is 30.8 Å². The van der Waals surface area contributed by atoms with Crippen LogP contribution in [0.3, 0.4) is 0 Å². The Morgan fingerprint density at radius 2 is 1.96 bits per heavy atom. The number of hydrazine groups is 1. The summed E-state index contributed by atoms with van der Waals surface area (Å²) in [6, 6.07) is 12.7. The van der Waals surface area contributed by atoms with Gasteiger partial charge in [0.25, 0.3) is 0 Å². The highest BCUT2D eigenvalue weighted by atomic mass is 16.2. The van der Waals surface area contributed by atoms with Crippen molar-refractivity contribution in [2.75, 3.05) is 13.1 Å². The molecule has 5 nitrogen and oxygen atoms in total. The Kier molecular flexibility index (Phi) is 5.41. The summed E-state index contributed by atoms with van der Waals surface area (Å²) in [6.07, 6.45) is 3.32. The Hall–Kier alpha value is -1.90. The van der Waals surface area contributed by atoms with Crippen LogP contribution in [0.15, 0.2) is 30.3 Å². The van der Waals surface area contributed by atoms with Gasteiger partial charge in [0.05, 0.1) is 11.5 Å². The normalized spacial score (nSPS) is 25.8. The quantitative estimate of drug-likeness (QED) is 0.883. The molecular formula is C20H28N4O. The molecule has 2 atom stereocenters. The average molecular weight is 340 g/mol. The number of hydrogen-bond acceptors (Lipinski definition) is 4. The monoisotopic (exact) mass is 340 g/mol. The van der Waals surface area contributed by atoms with E-state index in [1.165, 1.54) is 0 Å². The molecule has 1 aromatic rings. The first-order chi connectivity index (χ1) is 12.0. The lowest BCUT2D eigenvalue weighted by Crippen LogP contribution is -2.51. The summed E-state index contributed by atoms with van der Waals surface area (Å²) in [5, 5.41) is 9.77. The third kappa shape index (κ3) is 3.86. The van der Waals surface area contributed by atoms with Crippen molar-refractivity contribution in [1.29, 1.82) is 5.26 Å². The maximum atomic E-state index is 12.8. The molecule has 2 fully saturated rings. The predicted octanol–water partition coefficient (Wildman–Crippen LogP) is 2.35. The molecule has 2 aliphatic heterocycles. The molecule has 2 heterocycles. The number of rotatable bonds is 4. The van der Waals surface area contributed by atoms with Gasteiger partial charge < -0.3 is 4.90 Å². The first kappa shape index (κ1) is 17.9. The minimum atomic E-state index is -0.459. The third-order valence-electron chi connectivity index (χ3n) is 5.50. The summed E-state index contributed by atoms with van der Waals surface area (Å²) in [5.41, 5.74) is 7.04. The van der Waals surface area contributed by atoms with Crippen LogP contribution in [-0.4, -0.2) is 36.0 Å². The predicted molar refractivity (Wildman–Crippen MR) is 97.5 cm³/mol. The Labute approximate surface area is 150 Å². The smallest absolute Gasteiger partial charge is 0.241 e. The van der Waals surface area contributed by atoms with E-state index in [0.717, 1.165) is 18.4 Å². The summed E-state index contributed by atoms with van der Waals surface area (Å²) < 4.78 is 0. The molecule has 2 saturated heterocycles. The summed E-state index contributed by atoms with van der Waals surface area (Å²) in [5.74, 6) is 0.781. The summed E-state index contributed by atoms with van der Waals surface area (Å²) >= 11 is 0. The van der Waals surface area contributed by atoms with E-state index in [0.29, 0.717) is 37.9 Å². The second-order valence-corrected chi connectivity index (χ2v) is 7.79. The maximum Gasteiger partial charge on any atom is 0.241 e. The van der Waals surface area contributed by atoms with Crippen LogP contribution < -0.4 is 10.9 Å². The molecule has 0 radical (unpaired) electrons. The van der Waals surface area contributed by atoms with Crippen LogP contribution >= 0.6 is 0 Å². The zero-order valence-corrected chi connectivity index (χ0v) is 15.2. The fourth-order valence-electron chi connectivity index (χ4n) is 4.06. The number of carbonyl (C=O) groups excluding carboxylic acids is 1. The molecule has 1 aromatic carbocycles. The van der Waals surface area contributed by atoms with E-state index < -0.39 is 5.41 Å². The molecule has 0 aromatic heterocycles. The van der Waals surface area contributed by atoms with Gasteiger partial charge in [-0.15, -0.1) is 0 Å². The van der Waals surface area contributed by atoms with Gasteiger partial charge >= 0.3 is 0 Å². The van der Waals surface area contributed by atoms with Crippen molar-refractivity contribution in [3.05, 3.63) is 35.9 Å². The van der Waals surface area contributed by atoms with Gasteiger partial charge in [0.2, 0.25) is 5.91 Å². The molecule has 0 spiro atoms. The lowest BCUT2D eigenvalue weighted by molar-refractivity contribution is -0.134. The zero-order chi connectivity index (χ0) is 17.9. The molecule has 134 valence electrons. The second kappa shape index (κ2) is 7.55. The minimum Gasteiger partial charge on any atom is -0.341 e. The van der Waals surface area contributed by atoms with E-state index in [1.807, 2.05) is 35.2 Å². The lowest BCUT2D eigenvalue weighted by atomic mass is 9.74. The van der Waals surface area contributed by atoms with Crippen LogP contribution in [0.5, 0.6) is 0 Å². The standard InChI is InChI=1S/C20H28N4O/c1-15(2)12-17-13-18(23-22-17)19(25)24-10-8-20(14-21,9-11-24)16-6-4-3-5-7-16/h3-7,15,17-18,22-23H,8-13H2,1-2H3. The number of likely N-dealkylation sites (tertiary alicyclic amines) is 1. The van der Waals surface area contributed by atoms with E-state index in [4.69, 9.17) is 0 Å². The first-order valence-electron chi connectivity index (χ1n) is 9.31. The minimum absolute atomic E-state index is 0.143. The van der Waals surface area contributed by atoms with Crippen molar-refractivity contribution in [2.24, 2.45) is 5.92 Å². The summed E-state index contributed by atoms with van der Waals surface area (Å²) in [4.78, 5) is 14.7. The number of benzene rings is 1. The number of nitrogens with one attached hydrogen (secondary N) is 2. The Balaban J connectivity index is 1.59. The van der Waals surface area contributed by atoms with Gasteiger partial charge in [0.15, 0.2) is 0 Å². The van der Waals surface area contributed by atoms with Gasteiger partial charge in [0.1, 0.15) is 6.04 Å². The van der Waals surface area contributed by atoms with Crippen LogP contribution in [0.25, 0.3) is 0 Å². The van der Waals surface area contributed by atoms with Crippen molar-refractivity contribution >= 4 is 5.91 Å². The van der Waals surface area contributed by atoms with Gasteiger partial charge in [0, 0.05) is 19.1 Å². The maximum absolute atomic E-state index is 12.8. The highest BCUT2D eigenvalue weighted by Crippen LogP contribution is 2.35. The van der Waals surface area contributed by atoms with Crippen molar-refractivity contribution in [1.82, 2.24) is 15.8 Å². The topological polar surface area (TPSA) is 68.2 Å². The molecule has 25 heavy (non-hydrogen) atoms. The first-order valence-corrected chi connectivity index (χ1v) is 9.31. The number of amides is 1.